The minimum Gasteiger partial charge on any atom is -0.761 e. The van der Waals surface area contributed by atoms with E-state index in [2.05, 4.69) is 0 Å². The quantitative estimate of drug-likeness (QED) is 0.205. The molecule has 0 saturated carbocycles. The third-order valence-corrected chi connectivity index (χ3v) is 1.50. The molecule has 0 aliphatic rings. The van der Waals surface area contributed by atoms with Gasteiger partial charge in [-0.15, -0.1) is 0 Å². The minimum atomic E-state index is -5.07. The van der Waals surface area contributed by atoms with Gasteiger partial charge in [0.1, 0.15) is 0 Å². The summed E-state index contributed by atoms with van der Waals surface area (Å²) in [4.78, 5) is 8.44. The third kappa shape index (κ3) is 37.1. The molecular formula is CH5KNNaO8S2. The Kier molecular flexibility index (Phi) is 31.6. The van der Waals surface area contributed by atoms with Crippen LogP contribution in [0.15, 0.2) is 0 Å². The van der Waals surface area contributed by atoms with Crippen molar-refractivity contribution in [3.8, 4) is 0 Å². The molecule has 0 saturated heterocycles. The molecule has 0 aliphatic carbocycles. The SMILES string of the molecule is O=C([O-])O.O=S([O-])S(=O)(=O)[O-].[K+].[NH4+].[Na+]. The van der Waals surface area contributed by atoms with Gasteiger partial charge in [-0.3, -0.25) is 4.21 Å². The standard InChI is InChI=1S/CH2O3.K.H3N.Na.H2O5S2/c2-1(3)4;;;;1-6(2)7(3,4)5/h(H2,2,3,4);;1H3;;(H,1,2)(H,3,4,5)/q;+1;;+1;/p-2. The molecule has 0 fully saturated rings. The van der Waals surface area contributed by atoms with Crippen LogP contribution in [0.1, 0.15) is 0 Å². The molecule has 1 atom stereocenters. The van der Waals surface area contributed by atoms with E-state index in [0.717, 1.165) is 0 Å². The topological polar surface area (TPSA) is 194 Å². The van der Waals surface area contributed by atoms with Crippen molar-refractivity contribution in [2.24, 2.45) is 0 Å². The van der Waals surface area contributed by atoms with Crippen molar-refractivity contribution in [3.63, 3.8) is 0 Å². The van der Waals surface area contributed by atoms with Gasteiger partial charge in [-0.1, -0.05) is 0 Å². The van der Waals surface area contributed by atoms with Gasteiger partial charge in [-0.25, -0.2) is 8.42 Å². The van der Waals surface area contributed by atoms with Gasteiger partial charge in [0.25, 0.3) is 0 Å². The number of quaternary nitrogens is 1. The van der Waals surface area contributed by atoms with E-state index in [1.54, 1.807) is 0 Å². The minimum absolute atomic E-state index is 0. The first-order valence-electron chi connectivity index (χ1n) is 1.63. The Labute approximate surface area is 146 Å². The monoisotopic (exact) mass is 285 g/mol. The van der Waals surface area contributed by atoms with Crippen molar-refractivity contribution < 1.29 is 118 Å². The summed E-state index contributed by atoms with van der Waals surface area (Å²) in [6.45, 7) is 0. The first-order chi connectivity index (χ1) is 4.68. The molecule has 0 heterocycles. The van der Waals surface area contributed by atoms with Gasteiger partial charge in [0.2, 0.25) is 6.16 Å². The summed E-state index contributed by atoms with van der Waals surface area (Å²) in [6, 6.07) is 0. The molecule has 76 valence electrons. The average molecular weight is 285 g/mol. The van der Waals surface area contributed by atoms with E-state index in [-0.39, 0.29) is 87.1 Å². The van der Waals surface area contributed by atoms with Gasteiger partial charge < -0.3 is 30.3 Å². The van der Waals surface area contributed by atoms with Gasteiger partial charge in [-0.2, -0.15) is 0 Å². The van der Waals surface area contributed by atoms with Crippen LogP contribution in [-0.4, -0.2) is 33.0 Å². The summed E-state index contributed by atoms with van der Waals surface area (Å²) in [5.74, 6) is 0. The van der Waals surface area contributed by atoms with E-state index in [1.807, 2.05) is 0 Å². The molecule has 9 nitrogen and oxygen atoms in total. The van der Waals surface area contributed by atoms with Gasteiger partial charge in [0, 0.05) is 0 Å². The predicted molar refractivity (Wildman–Crippen MR) is 32.6 cm³/mol. The first-order valence-corrected chi connectivity index (χ1v) is 4.63. The fourth-order valence-corrected chi connectivity index (χ4v) is 0. The maximum absolute atomic E-state index is 9.16. The van der Waals surface area contributed by atoms with E-state index in [1.165, 1.54) is 0 Å². The number of carbonyl (C=O) groups is 1. The van der Waals surface area contributed by atoms with Crippen LogP contribution in [0.2, 0.25) is 0 Å². The van der Waals surface area contributed by atoms with Crippen LogP contribution in [0.25, 0.3) is 0 Å². The van der Waals surface area contributed by atoms with Crippen LogP contribution >= 0.6 is 0 Å². The molecule has 0 bridgehead atoms. The van der Waals surface area contributed by atoms with E-state index in [0.29, 0.717) is 0 Å². The summed E-state index contributed by atoms with van der Waals surface area (Å²) in [6.07, 6.45) is -2.08. The molecule has 0 spiro atoms. The summed E-state index contributed by atoms with van der Waals surface area (Å²) in [7, 11) is -8.59. The second-order valence-electron chi connectivity index (χ2n) is 0.878. The Morgan fingerprint density at radius 2 is 1.43 bits per heavy atom. The molecule has 13 heteroatoms. The van der Waals surface area contributed by atoms with Gasteiger partial charge >= 0.3 is 80.9 Å². The van der Waals surface area contributed by atoms with E-state index < -0.39 is 25.4 Å². The van der Waals surface area contributed by atoms with Crippen molar-refractivity contribution in [2.75, 3.05) is 0 Å². The first kappa shape index (κ1) is 29.7. The van der Waals surface area contributed by atoms with Crippen molar-refractivity contribution >= 4 is 25.4 Å². The van der Waals surface area contributed by atoms with Gasteiger partial charge in [0.15, 0.2) is 9.15 Å². The summed E-state index contributed by atoms with van der Waals surface area (Å²) in [5, 5.41) is 15.3. The fraction of sp³-hybridized carbons (Fsp3) is 0. The molecule has 0 rings (SSSR count). The van der Waals surface area contributed by atoms with Crippen LogP contribution < -0.4 is 92.2 Å². The molecule has 0 aromatic rings. The Balaban J connectivity index is -0.0000000347. The van der Waals surface area contributed by atoms with E-state index in [9.17, 15) is 0 Å². The summed E-state index contributed by atoms with van der Waals surface area (Å²) < 4.78 is 45.7. The molecule has 0 aliphatic heterocycles. The number of carboxylic acid groups (broad SMARTS) is 2. The van der Waals surface area contributed by atoms with Crippen LogP contribution in [0.4, 0.5) is 4.79 Å². The van der Waals surface area contributed by atoms with Gasteiger partial charge in [0.05, 0.1) is 10.1 Å². The molecule has 0 aromatic carbocycles. The van der Waals surface area contributed by atoms with Crippen molar-refractivity contribution in [1.82, 2.24) is 6.15 Å². The average Bonchev–Trinajstić information content (AvgIpc) is 1.59. The number of hydrogen-bond acceptors (Lipinski definition) is 7. The molecule has 0 amide bonds. The second-order valence-corrected chi connectivity index (χ2v) is 4.14. The largest absolute Gasteiger partial charge is 1.00 e. The maximum atomic E-state index is 9.16. The van der Waals surface area contributed by atoms with Gasteiger partial charge in [-0.05, 0) is 0 Å². The molecule has 1 unspecified atom stereocenters. The number of hydrogen-bond donors (Lipinski definition) is 2. The zero-order valence-corrected chi connectivity index (χ0v) is 14.4. The zero-order valence-electron chi connectivity index (χ0n) is 7.62. The van der Waals surface area contributed by atoms with Crippen molar-refractivity contribution in [1.29, 1.82) is 0 Å². The zero-order chi connectivity index (χ0) is 9.65. The van der Waals surface area contributed by atoms with Crippen LogP contribution in [0.3, 0.4) is 0 Å². The van der Waals surface area contributed by atoms with Crippen LogP contribution in [-0.2, 0) is 19.3 Å². The van der Waals surface area contributed by atoms with Crippen LogP contribution in [0, 0.1) is 0 Å². The molecular weight excluding hydrogens is 280 g/mol. The Bertz CT molecular complexity index is 246. The van der Waals surface area contributed by atoms with Crippen molar-refractivity contribution in [2.45, 2.75) is 0 Å². The maximum Gasteiger partial charge on any atom is 1.00 e. The summed E-state index contributed by atoms with van der Waals surface area (Å²) >= 11 is 0. The summed E-state index contributed by atoms with van der Waals surface area (Å²) in [5.41, 5.74) is 0. The Morgan fingerprint density at radius 1 is 1.36 bits per heavy atom. The molecule has 14 heavy (non-hydrogen) atoms. The molecule has 0 radical (unpaired) electrons. The Morgan fingerprint density at radius 3 is 1.43 bits per heavy atom. The molecule has 5 N–H and O–H groups in total. The van der Waals surface area contributed by atoms with E-state index >= 15 is 0 Å². The fourth-order valence-electron chi connectivity index (χ4n) is 0. The second kappa shape index (κ2) is 14.9. The van der Waals surface area contributed by atoms with Crippen LogP contribution in [0.5, 0.6) is 0 Å². The predicted octanol–water partition coefficient (Wildman–Crippen LogP) is -8.40. The Hall–Kier alpha value is 1.89. The number of rotatable bonds is 1. The molecule has 0 aromatic heterocycles. The third-order valence-electron chi connectivity index (χ3n) is 0.167. The smallest absolute Gasteiger partial charge is 0.761 e. The van der Waals surface area contributed by atoms with Crippen molar-refractivity contribution in [3.05, 3.63) is 0 Å². The normalized spacial score (nSPS) is 9.86. The van der Waals surface area contributed by atoms with E-state index in [4.69, 9.17) is 36.7 Å².